The lowest BCUT2D eigenvalue weighted by Crippen LogP contribution is -2.41. The first-order valence-electron chi connectivity index (χ1n) is 7.40. The first-order valence-corrected chi connectivity index (χ1v) is 8.28. The minimum absolute atomic E-state index is 0.0448. The summed E-state index contributed by atoms with van der Waals surface area (Å²) in [6, 6.07) is 7.54. The second-order valence-electron chi connectivity index (χ2n) is 5.77. The zero-order valence-electron chi connectivity index (χ0n) is 13.4. The largest absolute Gasteiger partial charge is 0.392 e. The van der Waals surface area contributed by atoms with E-state index >= 15 is 0 Å². The van der Waals surface area contributed by atoms with Crippen LogP contribution in [0, 0.1) is 6.92 Å². The molecule has 1 aromatic heterocycles. The van der Waals surface area contributed by atoms with Gasteiger partial charge in [0.2, 0.25) is 0 Å². The van der Waals surface area contributed by atoms with E-state index in [0.29, 0.717) is 12.1 Å². The van der Waals surface area contributed by atoms with Crippen molar-refractivity contribution < 1.29 is 9.90 Å². The normalized spacial score (nSPS) is 12.5. The molecule has 0 fully saturated rings. The van der Waals surface area contributed by atoms with E-state index in [1.54, 1.807) is 23.2 Å². The quantitative estimate of drug-likeness (QED) is 0.920. The van der Waals surface area contributed by atoms with Gasteiger partial charge in [0.15, 0.2) is 0 Å². The summed E-state index contributed by atoms with van der Waals surface area (Å²) in [7, 11) is 0. The highest BCUT2D eigenvalue weighted by atomic mass is 32.1. The van der Waals surface area contributed by atoms with E-state index in [0.717, 1.165) is 16.3 Å². The Morgan fingerprint density at radius 2 is 1.91 bits per heavy atom. The molecule has 2 aromatic rings. The van der Waals surface area contributed by atoms with Crippen LogP contribution in [0.4, 0.5) is 0 Å². The first-order chi connectivity index (χ1) is 10.4. The maximum absolute atomic E-state index is 12.6. The molecule has 2 rings (SSSR count). The van der Waals surface area contributed by atoms with Crippen molar-refractivity contribution in [3.63, 3.8) is 0 Å². The lowest BCUT2D eigenvalue weighted by molar-refractivity contribution is 0.0579. The van der Waals surface area contributed by atoms with Crippen LogP contribution < -0.4 is 0 Å². The standard InChI is InChI=1S/C17H22N2O2S/c1-11(2)19(9-13(4)20)17(21)15-7-5-14(6-8-15)16-18-12(3)10-22-16/h5-8,10-11,13,20H,9H2,1-4H3. The Balaban J connectivity index is 2.19. The molecular weight excluding hydrogens is 296 g/mol. The van der Waals surface area contributed by atoms with Crippen LogP contribution in [0.1, 0.15) is 36.8 Å². The number of aliphatic hydroxyl groups is 1. The highest BCUT2D eigenvalue weighted by molar-refractivity contribution is 7.13. The Kier molecular flexibility index (Phi) is 5.32. The molecule has 0 saturated heterocycles. The predicted octanol–water partition coefficient (Wildman–Crippen LogP) is 3.35. The molecule has 22 heavy (non-hydrogen) atoms. The van der Waals surface area contributed by atoms with Gasteiger partial charge in [-0.05, 0) is 39.8 Å². The molecule has 0 aliphatic rings. The molecule has 1 atom stereocenters. The predicted molar refractivity (Wildman–Crippen MR) is 90.1 cm³/mol. The summed E-state index contributed by atoms with van der Waals surface area (Å²) in [5.74, 6) is -0.0576. The SMILES string of the molecule is Cc1csc(-c2ccc(C(=O)N(CC(C)O)C(C)C)cc2)n1. The Bertz CT molecular complexity index is 632. The van der Waals surface area contributed by atoms with Crippen LogP contribution in [-0.4, -0.2) is 39.6 Å². The third-order valence-corrected chi connectivity index (χ3v) is 4.35. The Morgan fingerprint density at radius 1 is 1.27 bits per heavy atom. The number of carbonyl (C=O) groups excluding carboxylic acids is 1. The van der Waals surface area contributed by atoms with Crippen LogP contribution in [0.3, 0.4) is 0 Å². The van der Waals surface area contributed by atoms with Gasteiger partial charge < -0.3 is 10.0 Å². The summed E-state index contributed by atoms with van der Waals surface area (Å²) >= 11 is 1.60. The Labute approximate surface area is 135 Å². The van der Waals surface area contributed by atoms with Crippen molar-refractivity contribution in [3.05, 3.63) is 40.9 Å². The van der Waals surface area contributed by atoms with Crippen molar-refractivity contribution in [1.82, 2.24) is 9.88 Å². The second kappa shape index (κ2) is 7.03. The topological polar surface area (TPSA) is 53.4 Å². The molecule has 1 heterocycles. The third kappa shape index (κ3) is 3.93. The summed E-state index contributed by atoms with van der Waals surface area (Å²) in [4.78, 5) is 18.7. The van der Waals surface area contributed by atoms with Gasteiger partial charge in [0.05, 0.1) is 6.10 Å². The van der Waals surface area contributed by atoms with Crippen LogP contribution in [0.15, 0.2) is 29.6 Å². The van der Waals surface area contributed by atoms with Crippen LogP contribution in [0.25, 0.3) is 10.6 Å². The maximum Gasteiger partial charge on any atom is 0.254 e. The van der Waals surface area contributed by atoms with Crippen molar-refractivity contribution in [1.29, 1.82) is 0 Å². The molecule has 5 heteroatoms. The molecule has 1 amide bonds. The molecular formula is C17H22N2O2S. The zero-order chi connectivity index (χ0) is 16.3. The van der Waals surface area contributed by atoms with E-state index in [9.17, 15) is 9.90 Å². The molecule has 118 valence electrons. The van der Waals surface area contributed by atoms with E-state index in [1.165, 1.54) is 0 Å². The fourth-order valence-corrected chi connectivity index (χ4v) is 3.02. The Morgan fingerprint density at radius 3 is 2.36 bits per heavy atom. The molecule has 0 radical (unpaired) electrons. The minimum atomic E-state index is -0.538. The number of amides is 1. The van der Waals surface area contributed by atoms with E-state index < -0.39 is 6.10 Å². The van der Waals surface area contributed by atoms with Gasteiger partial charge in [-0.25, -0.2) is 4.98 Å². The van der Waals surface area contributed by atoms with E-state index in [1.807, 2.05) is 50.4 Å². The van der Waals surface area contributed by atoms with Gasteiger partial charge in [-0.1, -0.05) is 12.1 Å². The molecule has 0 aliphatic heterocycles. The fraction of sp³-hybridized carbons (Fsp3) is 0.412. The van der Waals surface area contributed by atoms with Gasteiger partial charge in [-0.2, -0.15) is 0 Å². The molecule has 1 unspecified atom stereocenters. The number of hydrogen-bond donors (Lipinski definition) is 1. The summed E-state index contributed by atoms with van der Waals surface area (Å²) in [6.45, 7) is 7.90. The van der Waals surface area contributed by atoms with Crippen LogP contribution >= 0.6 is 11.3 Å². The Hall–Kier alpha value is -1.72. The van der Waals surface area contributed by atoms with E-state index in [2.05, 4.69) is 4.98 Å². The van der Waals surface area contributed by atoms with Gasteiger partial charge in [0, 0.05) is 34.8 Å². The summed E-state index contributed by atoms with van der Waals surface area (Å²) in [5, 5.41) is 12.5. The average Bonchev–Trinajstić information content (AvgIpc) is 2.90. The second-order valence-corrected chi connectivity index (χ2v) is 6.63. The fourth-order valence-electron chi connectivity index (χ4n) is 2.22. The van der Waals surface area contributed by atoms with Crippen molar-refractivity contribution in [2.24, 2.45) is 0 Å². The monoisotopic (exact) mass is 318 g/mol. The summed E-state index contributed by atoms with van der Waals surface area (Å²) < 4.78 is 0. The lowest BCUT2D eigenvalue weighted by atomic mass is 10.1. The molecule has 0 spiro atoms. The molecule has 1 N–H and O–H groups in total. The minimum Gasteiger partial charge on any atom is -0.392 e. The van der Waals surface area contributed by atoms with E-state index in [-0.39, 0.29) is 11.9 Å². The molecule has 4 nitrogen and oxygen atoms in total. The zero-order valence-corrected chi connectivity index (χ0v) is 14.2. The number of aryl methyl sites for hydroxylation is 1. The van der Waals surface area contributed by atoms with Crippen LogP contribution in [-0.2, 0) is 0 Å². The number of benzene rings is 1. The average molecular weight is 318 g/mol. The lowest BCUT2D eigenvalue weighted by Gasteiger charge is -2.28. The van der Waals surface area contributed by atoms with Crippen LogP contribution in [0.5, 0.6) is 0 Å². The summed E-state index contributed by atoms with van der Waals surface area (Å²) in [5.41, 5.74) is 2.65. The number of aromatic nitrogens is 1. The van der Waals surface area contributed by atoms with Gasteiger partial charge in [0.1, 0.15) is 5.01 Å². The smallest absolute Gasteiger partial charge is 0.254 e. The van der Waals surface area contributed by atoms with Crippen molar-refractivity contribution >= 4 is 17.2 Å². The van der Waals surface area contributed by atoms with E-state index in [4.69, 9.17) is 0 Å². The van der Waals surface area contributed by atoms with Gasteiger partial charge in [-0.15, -0.1) is 11.3 Å². The van der Waals surface area contributed by atoms with Gasteiger partial charge >= 0.3 is 0 Å². The highest BCUT2D eigenvalue weighted by Crippen LogP contribution is 2.24. The third-order valence-electron chi connectivity index (χ3n) is 3.34. The number of rotatable bonds is 5. The number of hydrogen-bond acceptors (Lipinski definition) is 4. The molecule has 1 aromatic carbocycles. The number of nitrogens with zero attached hydrogens (tertiary/aromatic N) is 2. The van der Waals surface area contributed by atoms with Crippen molar-refractivity contribution in [2.45, 2.75) is 39.8 Å². The number of thiazole rings is 1. The molecule has 0 saturated carbocycles. The van der Waals surface area contributed by atoms with Crippen LogP contribution in [0.2, 0.25) is 0 Å². The van der Waals surface area contributed by atoms with Crippen molar-refractivity contribution in [3.8, 4) is 10.6 Å². The highest BCUT2D eigenvalue weighted by Gasteiger charge is 2.20. The van der Waals surface area contributed by atoms with Crippen molar-refractivity contribution in [2.75, 3.05) is 6.54 Å². The number of aliphatic hydroxyl groups excluding tert-OH is 1. The molecule has 0 aliphatic carbocycles. The summed E-state index contributed by atoms with van der Waals surface area (Å²) in [6.07, 6.45) is -0.538. The molecule has 0 bridgehead atoms. The first kappa shape index (κ1) is 16.6. The van der Waals surface area contributed by atoms with Gasteiger partial charge in [0.25, 0.3) is 5.91 Å². The maximum atomic E-state index is 12.6. The number of carbonyl (C=O) groups is 1. The van der Waals surface area contributed by atoms with Gasteiger partial charge in [-0.3, -0.25) is 4.79 Å².